The summed E-state index contributed by atoms with van der Waals surface area (Å²) in [6.45, 7) is 5.30. The van der Waals surface area contributed by atoms with Crippen LogP contribution in [0.3, 0.4) is 0 Å². The Hall–Kier alpha value is -0.120. The first-order valence-electron chi connectivity index (χ1n) is 6.64. The van der Waals surface area contributed by atoms with Gasteiger partial charge in [-0.1, -0.05) is 13.3 Å². The van der Waals surface area contributed by atoms with E-state index in [4.69, 9.17) is 10.5 Å². The van der Waals surface area contributed by atoms with Crippen molar-refractivity contribution < 1.29 is 9.84 Å². The van der Waals surface area contributed by atoms with Crippen LogP contribution in [-0.4, -0.2) is 30.0 Å². The third kappa shape index (κ3) is 4.04. The van der Waals surface area contributed by atoms with E-state index in [2.05, 4.69) is 6.92 Å². The Morgan fingerprint density at radius 1 is 1.44 bits per heavy atom. The number of ether oxygens (including phenoxy) is 1. The van der Waals surface area contributed by atoms with Crippen molar-refractivity contribution in [1.82, 2.24) is 0 Å². The van der Waals surface area contributed by atoms with E-state index < -0.39 is 0 Å². The maximum Gasteiger partial charge on any atom is 0.0804 e. The van der Waals surface area contributed by atoms with Crippen molar-refractivity contribution in [2.24, 2.45) is 11.7 Å². The minimum absolute atomic E-state index is 0.0967. The summed E-state index contributed by atoms with van der Waals surface area (Å²) in [5.41, 5.74) is 5.76. The highest BCUT2D eigenvalue weighted by Gasteiger charge is 2.34. The summed E-state index contributed by atoms with van der Waals surface area (Å²) in [7, 11) is 0. The maximum absolute atomic E-state index is 9.21. The average Bonchev–Trinajstić information content (AvgIpc) is 2.29. The first-order valence-corrected chi connectivity index (χ1v) is 6.64. The Morgan fingerprint density at radius 3 is 2.50 bits per heavy atom. The van der Waals surface area contributed by atoms with Crippen molar-refractivity contribution in [3.05, 3.63) is 0 Å². The number of aliphatic hydroxyl groups excluding tert-OH is 1. The van der Waals surface area contributed by atoms with Gasteiger partial charge in [-0.15, -0.1) is 0 Å². The third-order valence-corrected chi connectivity index (χ3v) is 3.91. The van der Waals surface area contributed by atoms with Crippen molar-refractivity contribution >= 4 is 0 Å². The summed E-state index contributed by atoms with van der Waals surface area (Å²) in [5, 5.41) is 9.21. The van der Waals surface area contributed by atoms with Gasteiger partial charge in [-0.05, 0) is 44.9 Å². The van der Waals surface area contributed by atoms with Gasteiger partial charge in [0.25, 0.3) is 0 Å². The smallest absolute Gasteiger partial charge is 0.0804 e. The van der Waals surface area contributed by atoms with Crippen molar-refractivity contribution in [2.45, 2.75) is 64.1 Å². The van der Waals surface area contributed by atoms with Crippen LogP contribution in [0.2, 0.25) is 0 Å². The van der Waals surface area contributed by atoms with Crippen LogP contribution in [0, 0.1) is 5.92 Å². The summed E-state index contributed by atoms with van der Waals surface area (Å²) in [5.74, 6) is 0.861. The summed E-state index contributed by atoms with van der Waals surface area (Å²) >= 11 is 0. The van der Waals surface area contributed by atoms with Crippen LogP contribution < -0.4 is 5.73 Å². The summed E-state index contributed by atoms with van der Waals surface area (Å²) < 4.78 is 5.94. The van der Waals surface area contributed by atoms with Gasteiger partial charge in [-0.2, -0.15) is 0 Å². The van der Waals surface area contributed by atoms with Crippen molar-refractivity contribution in [1.29, 1.82) is 0 Å². The van der Waals surface area contributed by atoms with Gasteiger partial charge in [-0.25, -0.2) is 0 Å². The van der Waals surface area contributed by atoms with Gasteiger partial charge in [0.05, 0.1) is 11.7 Å². The molecule has 0 spiro atoms. The van der Waals surface area contributed by atoms with E-state index in [-0.39, 0.29) is 11.7 Å². The van der Waals surface area contributed by atoms with Gasteiger partial charge in [-0.3, -0.25) is 0 Å². The molecule has 0 bridgehead atoms. The molecule has 0 aromatic rings. The molecule has 1 aliphatic carbocycles. The lowest BCUT2D eigenvalue weighted by molar-refractivity contribution is -0.0784. The van der Waals surface area contributed by atoms with Crippen LogP contribution in [0.15, 0.2) is 0 Å². The molecule has 3 N–H and O–H groups in total. The van der Waals surface area contributed by atoms with Crippen LogP contribution in [-0.2, 0) is 4.74 Å². The fourth-order valence-electron chi connectivity index (χ4n) is 2.47. The van der Waals surface area contributed by atoms with E-state index in [0.29, 0.717) is 19.6 Å². The normalized spacial score (nSPS) is 32.6. The molecule has 0 saturated heterocycles. The van der Waals surface area contributed by atoms with E-state index in [1.54, 1.807) is 6.92 Å². The molecule has 0 radical (unpaired) electrons. The molecular weight excluding hydrogens is 202 g/mol. The standard InChI is InChI=1S/C13H27NO2/c1-3-12-4-7-13(10-14,8-5-12)16-9-6-11(2)15/h11-12,15H,3-10,14H2,1-2H3. The van der Waals surface area contributed by atoms with Gasteiger partial charge in [0, 0.05) is 13.2 Å². The van der Waals surface area contributed by atoms with E-state index >= 15 is 0 Å². The predicted molar refractivity (Wildman–Crippen MR) is 66.3 cm³/mol. The lowest BCUT2D eigenvalue weighted by Gasteiger charge is -2.39. The van der Waals surface area contributed by atoms with E-state index in [1.807, 2.05) is 0 Å². The monoisotopic (exact) mass is 229 g/mol. The molecular formula is C13H27NO2. The van der Waals surface area contributed by atoms with E-state index in [9.17, 15) is 5.11 Å². The Balaban J connectivity index is 2.34. The van der Waals surface area contributed by atoms with Gasteiger partial charge in [0.2, 0.25) is 0 Å². The van der Waals surface area contributed by atoms with Crippen LogP contribution in [0.4, 0.5) is 0 Å². The fourth-order valence-corrected chi connectivity index (χ4v) is 2.47. The summed E-state index contributed by atoms with van der Waals surface area (Å²) in [6, 6.07) is 0. The Bertz CT molecular complexity index is 186. The van der Waals surface area contributed by atoms with Crippen molar-refractivity contribution in [3.63, 3.8) is 0 Å². The fraction of sp³-hybridized carbons (Fsp3) is 1.00. The lowest BCUT2D eigenvalue weighted by atomic mass is 9.77. The first-order chi connectivity index (χ1) is 7.62. The van der Waals surface area contributed by atoms with Crippen LogP contribution in [0.25, 0.3) is 0 Å². The van der Waals surface area contributed by atoms with Crippen LogP contribution in [0.5, 0.6) is 0 Å². The minimum atomic E-state index is -0.276. The highest BCUT2D eigenvalue weighted by molar-refractivity contribution is 4.88. The molecule has 1 aliphatic rings. The molecule has 1 rings (SSSR count). The van der Waals surface area contributed by atoms with Gasteiger partial charge >= 0.3 is 0 Å². The van der Waals surface area contributed by atoms with Crippen molar-refractivity contribution in [2.75, 3.05) is 13.2 Å². The van der Waals surface area contributed by atoms with Gasteiger partial charge < -0.3 is 15.6 Å². The van der Waals surface area contributed by atoms with Crippen LogP contribution in [0.1, 0.15) is 52.4 Å². The lowest BCUT2D eigenvalue weighted by Crippen LogP contribution is -2.44. The molecule has 16 heavy (non-hydrogen) atoms. The van der Waals surface area contributed by atoms with Gasteiger partial charge in [0.15, 0.2) is 0 Å². The number of hydrogen-bond donors (Lipinski definition) is 2. The van der Waals surface area contributed by atoms with E-state index in [1.165, 1.54) is 19.3 Å². The zero-order chi connectivity index (χ0) is 12.0. The largest absolute Gasteiger partial charge is 0.393 e. The highest BCUT2D eigenvalue weighted by Crippen LogP contribution is 2.35. The second-order valence-corrected chi connectivity index (χ2v) is 5.22. The third-order valence-electron chi connectivity index (χ3n) is 3.91. The molecule has 0 aromatic heterocycles. The molecule has 96 valence electrons. The molecule has 1 saturated carbocycles. The second-order valence-electron chi connectivity index (χ2n) is 5.22. The Labute approximate surface area is 99.4 Å². The SMILES string of the molecule is CCC1CCC(CN)(OCCC(C)O)CC1. The summed E-state index contributed by atoms with van der Waals surface area (Å²) in [6.07, 6.45) is 6.35. The first kappa shape index (κ1) is 13.9. The van der Waals surface area contributed by atoms with Gasteiger partial charge in [0.1, 0.15) is 0 Å². The summed E-state index contributed by atoms with van der Waals surface area (Å²) in [4.78, 5) is 0. The molecule has 0 heterocycles. The molecule has 1 atom stereocenters. The Kier molecular flexibility index (Phi) is 5.73. The molecule has 3 nitrogen and oxygen atoms in total. The molecule has 3 heteroatoms. The Morgan fingerprint density at radius 2 is 2.06 bits per heavy atom. The number of rotatable bonds is 6. The average molecular weight is 229 g/mol. The molecule has 1 unspecified atom stereocenters. The predicted octanol–water partition coefficient (Wildman–Crippen LogP) is 2.07. The minimum Gasteiger partial charge on any atom is -0.393 e. The molecule has 0 aromatic carbocycles. The number of aliphatic hydroxyl groups is 1. The highest BCUT2D eigenvalue weighted by atomic mass is 16.5. The van der Waals surface area contributed by atoms with Crippen molar-refractivity contribution in [3.8, 4) is 0 Å². The number of hydrogen-bond acceptors (Lipinski definition) is 3. The maximum atomic E-state index is 9.21. The number of nitrogens with two attached hydrogens (primary N) is 1. The quantitative estimate of drug-likeness (QED) is 0.733. The second kappa shape index (κ2) is 6.58. The molecule has 0 aliphatic heterocycles. The zero-order valence-corrected chi connectivity index (χ0v) is 10.7. The van der Waals surface area contributed by atoms with E-state index in [0.717, 1.165) is 18.8 Å². The molecule has 1 fully saturated rings. The zero-order valence-electron chi connectivity index (χ0n) is 10.7. The van der Waals surface area contributed by atoms with Crippen LogP contribution >= 0.6 is 0 Å². The topological polar surface area (TPSA) is 55.5 Å². The molecule has 0 amide bonds.